The van der Waals surface area contributed by atoms with Crippen molar-refractivity contribution in [2.75, 3.05) is 0 Å². The molecule has 2 aliphatic rings. The number of hydrogen-bond acceptors (Lipinski definition) is 8. The number of Topliss-reactive ketones (excluding diaryl/α,β-unsaturated/α-hetero) is 1. The lowest BCUT2D eigenvalue weighted by molar-refractivity contribution is -0.137. The molecule has 3 heterocycles. The number of hydrogen-bond donors (Lipinski definition) is 2. The number of amides is 1. The van der Waals surface area contributed by atoms with Crippen LogP contribution in [0.5, 0.6) is 5.75 Å². The molecule has 0 radical (unpaired) electrons. The Morgan fingerprint density at radius 3 is 2.57 bits per heavy atom. The van der Waals surface area contributed by atoms with Crippen molar-refractivity contribution in [3.05, 3.63) is 59.6 Å². The van der Waals surface area contributed by atoms with Crippen LogP contribution in [-0.2, 0) is 9.59 Å². The normalized spacial score (nSPS) is 23.1. The predicted octanol–water partition coefficient (Wildman–Crippen LogP) is 3.44. The number of carbonyl (C=O) groups excluding carboxylic acids is 2. The second kappa shape index (κ2) is 7.91. The van der Waals surface area contributed by atoms with E-state index in [1.165, 1.54) is 22.9 Å². The molecular formula is C21H21N3O5S. The van der Waals surface area contributed by atoms with Gasteiger partial charge in [0.05, 0.1) is 23.3 Å². The molecule has 2 unspecified atom stereocenters. The van der Waals surface area contributed by atoms with Crippen LogP contribution in [0.3, 0.4) is 0 Å². The van der Waals surface area contributed by atoms with Crippen molar-refractivity contribution in [1.29, 1.82) is 0 Å². The average Bonchev–Trinajstić information content (AvgIpc) is 3.43. The number of rotatable bonds is 4. The van der Waals surface area contributed by atoms with Crippen LogP contribution in [0.25, 0.3) is 5.76 Å². The van der Waals surface area contributed by atoms with E-state index in [2.05, 4.69) is 10.5 Å². The molecule has 8 nitrogen and oxygen atoms in total. The summed E-state index contributed by atoms with van der Waals surface area (Å²) < 4.78 is 11.1. The smallest absolute Gasteiger partial charge is 0.301 e. The molecule has 30 heavy (non-hydrogen) atoms. The van der Waals surface area contributed by atoms with Crippen LogP contribution in [0.2, 0.25) is 0 Å². The molecule has 2 aromatic rings. The monoisotopic (exact) mass is 427 g/mol. The van der Waals surface area contributed by atoms with Gasteiger partial charge in [-0.05, 0) is 57.2 Å². The van der Waals surface area contributed by atoms with Gasteiger partial charge in [0.25, 0.3) is 5.78 Å². The van der Waals surface area contributed by atoms with Crippen molar-refractivity contribution in [2.24, 2.45) is 5.10 Å². The molecule has 1 saturated heterocycles. The van der Waals surface area contributed by atoms with Crippen LogP contribution >= 0.6 is 11.8 Å². The van der Waals surface area contributed by atoms with Crippen molar-refractivity contribution in [2.45, 2.75) is 38.3 Å². The number of thioether (sulfide) groups is 1. The summed E-state index contributed by atoms with van der Waals surface area (Å²) in [6, 6.07) is 9.11. The lowest BCUT2D eigenvalue weighted by atomic mass is 9.99. The molecule has 1 fully saturated rings. The molecule has 0 bridgehead atoms. The largest absolute Gasteiger partial charge is 0.507 e. The van der Waals surface area contributed by atoms with Gasteiger partial charge < -0.3 is 14.3 Å². The predicted molar refractivity (Wildman–Crippen MR) is 113 cm³/mol. The van der Waals surface area contributed by atoms with E-state index in [0.29, 0.717) is 22.2 Å². The lowest BCUT2D eigenvalue weighted by Crippen LogP contribution is -2.33. The van der Waals surface area contributed by atoms with E-state index in [4.69, 9.17) is 9.15 Å². The maximum absolute atomic E-state index is 12.9. The van der Waals surface area contributed by atoms with Gasteiger partial charge >= 0.3 is 5.91 Å². The van der Waals surface area contributed by atoms with Gasteiger partial charge in [-0.2, -0.15) is 5.10 Å². The number of aliphatic hydroxyl groups excluding tert-OH is 1. The summed E-state index contributed by atoms with van der Waals surface area (Å²) in [6.45, 7) is 5.72. The highest BCUT2D eigenvalue weighted by molar-refractivity contribution is 8.14. The number of carbonyl (C=O) groups is 2. The second-order valence-corrected chi connectivity index (χ2v) is 8.47. The number of likely N-dealkylation sites (tertiary alicyclic amines) is 1. The number of amidine groups is 1. The minimum absolute atomic E-state index is 0.00871. The Kier molecular flexibility index (Phi) is 5.29. The van der Waals surface area contributed by atoms with E-state index in [1.54, 1.807) is 36.4 Å². The summed E-state index contributed by atoms with van der Waals surface area (Å²) >= 11 is 1.32. The van der Waals surface area contributed by atoms with Gasteiger partial charge in [0.2, 0.25) is 0 Å². The zero-order valence-electron chi connectivity index (χ0n) is 16.7. The number of aliphatic hydroxyl groups is 1. The number of ketones is 1. The van der Waals surface area contributed by atoms with E-state index >= 15 is 0 Å². The molecule has 2 aliphatic heterocycles. The number of ether oxygens (including phenoxy) is 1. The fourth-order valence-electron chi connectivity index (χ4n) is 3.33. The summed E-state index contributed by atoms with van der Waals surface area (Å²) in [4.78, 5) is 27.1. The van der Waals surface area contributed by atoms with Gasteiger partial charge in [-0.15, -0.1) is 0 Å². The molecular weight excluding hydrogens is 406 g/mol. The third-order valence-electron chi connectivity index (χ3n) is 4.59. The summed E-state index contributed by atoms with van der Waals surface area (Å²) in [5, 5.41) is 15.5. The quantitative estimate of drug-likeness (QED) is 0.437. The van der Waals surface area contributed by atoms with Crippen LogP contribution in [-0.4, -0.2) is 38.3 Å². The molecule has 1 aromatic carbocycles. The van der Waals surface area contributed by atoms with E-state index in [0.717, 1.165) is 0 Å². The molecule has 1 amide bonds. The maximum Gasteiger partial charge on any atom is 0.301 e. The number of furan rings is 1. The zero-order valence-corrected chi connectivity index (χ0v) is 17.5. The Balaban J connectivity index is 1.78. The molecule has 2 atom stereocenters. The zero-order chi connectivity index (χ0) is 21.4. The lowest BCUT2D eigenvalue weighted by Gasteiger charge is -2.22. The van der Waals surface area contributed by atoms with E-state index < -0.39 is 17.7 Å². The fourth-order valence-corrected chi connectivity index (χ4v) is 4.16. The summed E-state index contributed by atoms with van der Waals surface area (Å²) in [6.07, 6.45) is 1.47. The molecule has 4 rings (SSSR count). The summed E-state index contributed by atoms with van der Waals surface area (Å²) in [5.74, 6) is -0.836. The minimum Gasteiger partial charge on any atom is -0.507 e. The Morgan fingerprint density at radius 1 is 1.27 bits per heavy atom. The van der Waals surface area contributed by atoms with Gasteiger partial charge in [-0.25, -0.2) is 0 Å². The first-order valence-electron chi connectivity index (χ1n) is 9.48. The van der Waals surface area contributed by atoms with E-state index in [9.17, 15) is 14.7 Å². The van der Waals surface area contributed by atoms with Crippen LogP contribution in [0.1, 0.15) is 38.1 Å². The first kappa shape index (κ1) is 20.1. The topological polar surface area (TPSA) is 104 Å². The SMILES string of the molecule is CC(C)Oc1ccc(C(O)=C2C(=O)C(=O)N(C3=NNC(C)S3)C2c2ccco2)cc1. The molecule has 9 heteroatoms. The van der Waals surface area contributed by atoms with Crippen molar-refractivity contribution in [3.8, 4) is 5.75 Å². The Hall–Kier alpha value is -3.20. The van der Waals surface area contributed by atoms with Gasteiger partial charge in [0, 0.05) is 5.56 Å². The van der Waals surface area contributed by atoms with Crippen molar-refractivity contribution < 1.29 is 23.8 Å². The van der Waals surface area contributed by atoms with Gasteiger partial charge in [-0.1, -0.05) is 11.8 Å². The third kappa shape index (κ3) is 3.56. The van der Waals surface area contributed by atoms with Crippen LogP contribution in [0.4, 0.5) is 0 Å². The van der Waals surface area contributed by atoms with Crippen LogP contribution in [0.15, 0.2) is 57.8 Å². The Bertz CT molecular complexity index is 1030. The first-order chi connectivity index (χ1) is 14.4. The van der Waals surface area contributed by atoms with E-state index in [1.807, 2.05) is 20.8 Å². The standard InChI is InChI=1S/C21H21N3O5S/c1-11(2)29-14-8-6-13(7-9-14)18(25)16-17(15-5-4-10-28-15)24(20(27)19(16)26)21-23-22-12(3)30-21/h4-12,17,22,25H,1-3H3. The molecule has 0 saturated carbocycles. The first-order valence-corrected chi connectivity index (χ1v) is 10.4. The van der Waals surface area contributed by atoms with Gasteiger partial charge in [0.1, 0.15) is 23.3 Å². The van der Waals surface area contributed by atoms with Crippen molar-refractivity contribution >= 4 is 34.4 Å². The molecule has 2 N–H and O–H groups in total. The Morgan fingerprint density at radius 2 is 2.00 bits per heavy atom. The number of nitrogens with one attached hydrogen (secondary N) is 1. The highest BCUT2D eigenvalue weighted by Gasteiger charge is 2.50. The summed E-state index contributed by atoms with van der Waals surface area (Å²) in [5.41, 5.74) is 3.22. The highest BCUT2D eigenvalue weighted by atomic mass is 32.2. The van der Waals surface area contributed by atoms with E-state index in [-0.39, 0.29) is 22.8 Å². The summed E-state index contributed by atoms with van der Waals surface area (Å²) in [7, 11) is 0. The average molecular weight is 427 g/mol. The molecule has 1 aromatic heterocycles. The molecule has 0 aliphatic carbocycles. The molecule has 0 spiro atoms. The fraction of sp³-hybridized carbons (Fsp3) is 0.286. The number of nitrogens with zero attached hydrogens (tertiary/aromatic N) is 2. The Labute approximate surface area is 177 Å². The minimum atomic E-state index is -0.912. The van der Waals surface area contributed by atoms with Gasteiger partial charge in [0.15, 0.2) is 5.17 Å². The van der Waals surface area contributed by atoms with Gasteiger partial charge in [-0.3, -0.25) is 19.9 Å². The number of benzene rings is 1. The molecule has 156 valence electrons. The third-order valence-corrected chi connectivity index (χ3v) is 5.54. The highest BCUT2D eigenvalue weighted by Crippen LogP contribution is 2.42. The number of hydrazone groups is 1. The second-order valence-electron chi connectivity index (χ2n) is 7.16. The van der Waals surface area contributed by atoms with Crippen molar-refractivity contribution in [3.63, 3.8) is 0 Å². The van der Waals surface area contributed by atoms with Crippen LogP contribution < -0.4 is 10.2 Å². The maximum atomic E-state index is 12.9. The van der Waals surface area contributed by atoms with Crippen molar-refractivity contribution in [1.82, 2.24) is 10.3 Å². The van der Waals surface area contributed by atoms with Crippen LogP contribution in [0, 0.1) is 0 Å².